The predicted molar refractivity (Wildman–Crippen MR) is 110 cm³/mol. The van der Waals surface area contributed by atoms with Gasteiger partial charge in [-0.25, -0.2) is 0 Å². The largest absolute Gasteiger partial charge is 0.492 e. The van der Waals surface area contributed by atoms with Crippen LogP contribution in [0.3, 0.4) is 0 Å². The molecule has 1 heterocycles. The van der Waals surface area contributed by atoms with Crippen LogP contribution in [0.4, 0.5) is 0 Å². The van der Waals surface area contributed by atoms with Gasteiger partial charge in [-0.05, 0) is 61.9 Å². The van der Waals surface area contributed by atoms with Gasteiger partial charge in [0.05, 0.1) is 17.1 Å². The normalized spacial score (nSPS) is 13.6. The van der Waals surface area contributed by atoms with E-state index in [1.54, 1.807) is 18.2 Å². The van der Waals surface area contributed by atoms with E-state index < -0.39 is 0 Å². The summed E-state index contributed by atoms with van der Waals surface area (Å²) < 4.78 is 7.65. The number of aromatic nitrogens is 1. The van der Waals surface area contributed by atoms with Crippen molar-refractivity contribution < 1.29 is 9.53 Å². The number of hydrogen-bond donors (Lipinski definition) is 0. The predicted octanol–water partition coefficient (Wildman–Crippen LogP) is 6.33. The van der Waals surface area contributed by atoms with Gasteiger partial charge in [-0.1, -0.05) is 41.4 Å². The molecule has 0 saturated heterocycles. The highest BCUT2D eigenvalue weighted by atomic mass is 35.5. The third-order valence-electron chi connectivity index (χ3n) is 5.11. The Labute approximate surface area is 168 Å². The summed E-state index contributed by atoms with van der Waals surface area (Å²) in [5.41, 5.74) is 3.60. The number of hydrogen-bond acceptors (Lipinski definition) is 2. The van der Waals surface area contributed by atoms with Crippen LogP contribution in [-0.4, -0.2) is 17.1 Å². The van der Waals surface area contributed by atoms with Gasteiger partial charge < -0.3 is 4.74 Å². The Balaban J connectivity index is 1.46. The summed E-state index contributed by atoms with van der Waals surface area (Å²) in [7, 11) is 0. The molecule has 3 aromatic rings. The van der Waals surface area contributed by atoms with E-state index >= 15 is 0 Å². The van der Waals surface area contributed by atoms with Crippen molar-refractivity contribution in [2.75, 3.05) is 6.61 Å². The van der Waals surface area contributed by atoms with Crippen LogP contribution in [0.2, 0.25) is 10.0 Å². The second kappa shape index (κ2) is 7.95. The van der Waals surface area contributed by atoms with Crippen LogP contribution in [0.5, 0.6) is 5.75 Å². The minimum absolute atomic E-state index is 0.139. The molecule has 2 aromatic carbocycles. The first-order valence-electron chi connectivity index (χ1n) is 9.37. The Bertz CT molecular complexity index is 993. The summed E-state index contributed by atoms with van der Waals surface area (Å²) in [6, 6.07) is 13.4. The van der Waals surface area contributed by atoms with Crippen molar-refractivity contribution in [3.05, 3.63) is 63.8 Å². The highest BCUT2D eigenvalue weighted by molar-refractivity contribution is 6.35. The fourth-order valence-corrected chi connectivity index (χ4v) is 4.35. The van der Waals surface area contributed by atoms with E-state index in [2.05, 4.69) is 18.2 Å². The zero-order valence-electron chi connectivity index (χ0n) is 15.0. The zero-order chi connectivity index (χ0) is 18.8. The van der Waals surface area contributed by atoms with Crippen LogP contribution < -0.4 is 4.74 Å². The molecule has 0 N–H and O–H groups in total. The average Bonchev–Trinajstić information content (AvgIpc) is 3.01. The van der Waals surface area contributed by atoms with Crippen LogP contribution in [0, 0.1) is 0 Å². The molecule has 0 fully saturated rings. The molecule has 1 aliphatic rings. The standard InChI is InChI=1S/C22H21Cl2NO2/c23-15-11-12-21(18(24)14-15)27-13-5-10-22(26)25-19-8-3-1-6-16(19)17-7-2-4-9-20(17)25/h1,3,6,8,11-12,14H,2,4-5,7,9-10,13H2. The number of fused-ring (bicyclic) bond motifs is 3. The summed E-state index contributed by atoms with van der Waals surface area (Å²) >= 11 is 12.0. The van der Waals surface area contributed by atoms with E-state index in [9.17, 15) is 4.79 Å². The quantitative estimate of drug-likeness (QED) is 0.467. The van der Waals surface area contributed by atoms with Crippen LogP contribution in [0.25, 0.3) is 10.9 Å². The van der Waals surface area contributed by atoms with Crippen molar-refractivity contribution in [3.63, 3.8) is 0 Å². The van der Waals surface area contributed by atoms with Crippen molar-refractivity contribution in [1.82, 2.24) is 4.57 Å². The van der Waals surface area contributed by atoms with Crippen LogP contribution >= 0.6 is 23.2 Å². The molecular weight excluding hydrogens is 381 g/mol. The average molecular weight is 402 g/mol. The molecule has 0 amide bonds. The van der Waals surface area contributed by atoms with Gasteiger partial charge in [0.25, 0.3) is 0 Å². The van der Waals surface area contributed by atoms with Gasteiger partial charge in [0.15, 0.2) is 0 Å². The van der Waals surface area contributed by atoms with Gasteiger partial charge in [0.1, 0.15) is 5.75 Å². The maximum Gasteiger partial charge on any atom is 0.231 e. The molecule has 5 heteroatoms. The molecule has 0 atom stereocenters. The van der Waals surface area contributed by atoms with Gasteiger partial charge in [-0.3, -0.25) is 9.36 Å². The van der Waals surface area contributed by atoms with Crippen molar-refractivity contribution in [3.8, 4) is 5.75 Å². The summed E-state index contributed by atoms with van der Waals surface area (Å²) in [6.45, 7) is 0.439. The summed E-state index contributed by atoms with van der Waals surface area (Å²) in [5.74, 6) is 0.734. The first-order chi connectivity index (χ1) is 13.1. The molecule has 1 aliphatic carbocycles. The summed E-state index contributed by atoms with van der Waals surface area (Å²) in [6.07, 6.45) is 5.47. The first-order valence-corrected chi connectivity index (χ1v) is 10.1. The molecule has 3 nitrogen and oxygen atoms in total. The lowest BCUT2D eigenvalue weighted by Gasteiger charge is -2.15. The number of benzene rings is 2. The Morgan fingerprint density at radius 2 is 1.89 bits per heavy atom. The molecule has 0 spiro atoms. The van der Waals surface area contributed by atoms with Crippen molar-refractivity contribution >= 4 is 40.0 Å². The fraction of sp³-hybridized carbons (Fsp3) is 0.318. The Morgan fingerprint density at radius 1 is 1.07 bits per heavy atom. The van der Waals surface area contributed by atoms with Crippen LogP contribution in [0.15, 0.2) is 42.5 Å². The van der Waals surface area contributed by atoms with Gasteiger partial charge in [-0.15, -0.1) is 0 Å². The number of nitrogens with zero attached hydrogens (tertiary/aromatic N) is 1. The van der Waals surface area contributed by atoms with Gasteiger partial charge in [0, 0.05) is 22.5 Å². The number of carbonyl (C=O) groups excluding carboxylic acids is 1. The van der Waals surface area contributed by atoms with Crippen LogP contribution in [-0.2, 0) is 12.8 Å². The van der Waals surface area contributed by atoms with Crippen molar-refractivity contribution in [2.24, 2.45) is 0 Å². The second-order valence-electron chi connectivity index (χ2n) is 6.91. The molecule has 27 heavy (non-hydrogen) atoms. The van der Waals surface area contributed by atoms with Gasteiger partial charge >= 0.3 is 0 Å². The second-order valence-corrected chi connectivity index (χ2v) is 7.75. The maximum absolute atomic E-state index is 13.0. The van der Waals surface area contributed by atoms with E-state index in [1.165, 1.54) is 23.1 Å². The van der Waals surface area contributed by atoms with E-state index in [4.69, 9.17) is 27.9 Å². The SMILES string of the molecule is O=C(CCCOc1ccc(Cl)cc1Cl)n1c2c(c3ccccc31)CCCC2. The molecule has 0 unspecified atom stereocenters. The molecule has 1 aromatic heterocycles. The first kappa shape index (κ1) is 18.4. The molecule has 0 radical (unpaired) electrons. The third-order valence-corrected chi connectivity index (χ3v) is 5.65. The smallest absolute Gasteiger partial charge is 0.231 e. The fourth-order valence-electron chi connectivity index (χ4n) is 3.89. The van der Waals surface area contributed by atoms with Crippen LogP contribution in [0.1, 0.15) is 41.7 Å². The third kappa shape index (κ3) is 3.71. The number of rotatable bonds is 5. The number of aryl methyl sites for hydroxylation is 1. The number of para-hydroxylation sites is 1. The van der Waals surface area contributed by atoms with E-state index in [1.807, 2.05) is 10.6 Å². The van der Waals surface area contributed by atoms with Crippen molar-refractivity contribution in [1.29, 1.82) is 0 Å². The molecule has 0 bridgehead atoms. The minimum atomic E-state index is 0.139. The molecule has 0 aliphatic heterocycles. The summed E-state index contributed by atoms with van der Waals surface area (Å²) in [4.78, 5) is 13.0. The van der Waals surface area contributed by atoms with Crippen molar-refractivity contribution in [2.45, 2.75) is 38.5 Å². The lowest BCUT2D eigenvalue weighted by molar-refractivity contribution is 0.0895. The minimum Gasteiger partial charge on any atom is -0.492 e. The monoisotopic (exact) mass is 401 g/mol. The van der Waals surface area contributed by atoms with E-state index in [0.717, 1.165) is 24.8 Å². The highest BCUT2D eigenvalue weighted by Crippen LogP contribution is 2.32. The highest BCUT2D eigenvalue weighted by Gasteiger charge is 2.22. The number of carbonyl (C=O) groups is 1. The molecule has 0 saturated carbocycles. The molecule has 140 valence electrons. The molecular formula is C22H21Cl2NO2. The maximum atomic E-state index is 13.0. The number of halogens is 2. The Morgan fingerprint density at radius 3 is 2.74 bits per heavy atom. The Kier molecular flexibility index (Phi) is 5.42. The van der Waals surface area contributed by atoms with E-state index in [-0.39, 0.29) is 5.91 Å². The zero-order valence-corrected chi connectivity index (χ0v) is 16.5. The molecule has 4 rings (SSSR count). The number of ether oxygens (including phenoxy) is 1. The lowest BCUT2D eigenvalue weighted by Crippen LogP contribution is -2.16. The Hall–Kier alpha value is -1.97. The lowest BCUT2D eigenvalue weighted by atomic mass is 9.95. The van der Waals surface area contributed by atoms with E-state index in [0.29, 0.717) is 35.2 Å². The van der Waals surface area contributed by atoms with Gasteiger partial charge in [-0.2, -0.15) is 0 Å². The topological polar surface area (TPSA) is 31.2 Å². The summed E-state index contributed by atoms with van der Waals surface area (Å²) in [5, 5.41) is 2.29. The van der Waals surface area contributed by atoms with Gasteiger partial charge in [0.2, 0.25) is 5.91 Å².